The highest BCUT2D eigenvalue weighted by Crippen LogP contribution is 2.35. The Labute approximate surface area is 227 Å². The van der Waals surface area contributed by atoms with Crippen molar-refractivity contribution in [2.75, 3.05) is 69.6 Å². The Bertz CT molecular complexity index is 1130. The van der Waals surface area contributed by atoms with Gasteiger partial charge in [0, 0.05) is 68.3 Å². The van der Waals surface area contributed by atoms with Gasteiger partial charge in [-0.2, -0.15) is 4.98 Å². The molecule has 7 nitrogen and oxygen atoms in total. The Kier molecular flexibility index (Phi) is 11.2. The lowest BCUT2D eigenvalue weighted by Crippen LogP contribution is -2.45. The fourth-order valence-electron chi connectivity index (χ4n) is 4.60. The van der Waals surface area contributed by atoms with Crippen molar-refractivity contribution in [2.45, 2.75) is 40.5 Å². The molecule has 1 aliphatic rings. The predicted octanol–water partition coefficient (Wildman–Crippen LogP) is 5.97. The first-order chi connectivity index (χ1) is 18.0. The second-order valence-electron chi connectivity index (χ2n) is 9.32. The number of phenols is 1. The molecule has 3 aromatic rings. The normalized spacial score (nSPS) is 14.3. The number of nitrogens with zero attached hydrogens (tertiary/aromatic N) is 5. The highest BCUT2D eigenvalue weighted by molar-refractivity contribution is 6.31. The Hall–Kier alpha value is -2.61. The van der Waals surface area contributed by atoms with Crippen LogP contribution in [0.2, 0.25) is 5.02 Å². The van der Waals surface area contributed by atoms with Crippen molar-refractivity contribution in [1.82, 2.24) is 19.8 Å². The van der Waals surface area contributed by atoms with Gasteiger partial charge in [0.25, 0.3) is 0 Å². The summed E-state index contributed by atoms with van der Waals surface area (Å²) in [6.07, 6.45) is 2.07. The molecule has 202 valence electrons. The molecular formula is C29H43ClN6O. The number of aromatic hydroxyl groups is 1. The molecule has 0 bridgehead atoms. The molecule has 8 heteroatoms. The summed E-state index contributed by atoms with van der Waals surface area (Å²) in [5.41, 5.74) is 2.49. The average molecular weight is 527 g/mol. The van der Waals surface area contributed by atoms with Gasteiger partial charge in [0.05, 0.1) is 5.52 Å². The molecule has 0 atom stereocenters. The minimum Gasteiger partial charge on any atom is -0.507 e. The molecule has 1 saturated heterocycles. The molecule has 37 heavy (non-hydrogen) atoms. The van der Waals surface area contributed by atoms with E-state index in [4.69, 9.17) is 21.6 Å². The number of benzene rings is 2. The van der Waals surface area contributed by atoms with Gasteiger partial charge in [-0.25, -0.2) is 4.98 Å². The van der Waals surface area contributed by atoms with Gasteiger partial charge >= 0.3 is 0 Å². The van der Waals surface area contributed by atoms with E-state index < -0.39 is 0 Å². The Balaban J connectivity index is 0.00000186. The summed E-state index contributed by atoms with van der Waals surface area (Å²) in [7, 11) is 2.18. The first-order valence-electron chi connectivity index (χ1n) is 13.7. The van der Waals surface area contributed by atoms with Gasteiger partial charge in [-0.1, -0.05) is 45.4 Å². The van der Waals surface area contributed by atoms with Gasteiger partial charge in [-0.3, -0.25) is 4.90 Å². The van der Waals surface area contributed by atoms with Crippen molar-refractivity contribution in [3.63, 3.8) is 0 Å². The summed E-state index contributed by atoms with van der Waals surface area (Å²) in [5, 5.41) is 15.5. The summed E-state index contributed by atoms with van der Waals surface area (Å²) < 4.78 is 0. The number of phenolic OH excluding ortho intramolecular Hbond substituents is 1. The van der Waals surface area contributed by atoms with E-state index in [1.807, 2.05) is 26.0 Å². The summed E-state index contributed by atoms with van der Waals surface area (Å²) in [6, 6.07) is 11.2. The van der Waals surface area contributed by atoms with E-state index in [9.17, 15) is 5.11 Å². The van der Waals surface area contributed by atoms with Gasteiger partial charge in [0.2, 0.25) is 5.95 Å². The molecule has 1 aromatic heterocycles. The van der Waals surface area contributed by atoms with Crippen molar-refractivity contribution >= 4 is 34.3 Å². The Morgan fingerprint density at radius 1 is 0.973 bits per heavy atom. The van der Waals surface area contributed by atoms with Gasteiger partial charge < -0.3 is 20.2 Å². The van der Waals surface area contributed by atoms with Crippen molar-refractivity contribution in [3.8, 4) is 16.9 Å². The highest BCUT2D eigenvalue weighted by atomic mass is 35.5. The average Bonchev–Trinajstić information content (AvgIpc) is 2.91. The number of halogens is 1. The number of piperazine rings is 1. The molecule has 0 amide bonds. The lowest BCUT2D eigenvalue weighted by Gasteiger charge is -2.32. The van der Waals surface area contributed by atoms with Crippen molar-refractivity contribution in [2.24, 2.45) is 0 Å². The molecule has 4 rings (SSSR count). The summed E-state index contributed by atoms with van der Waals surface area (Å²) in [5.74, 6) is 1.80. The molecule has 0 unspecified atom stereocenters. The third kappa shape index (κ3) is 7.69. The molecule has 2 N–H and O–H groups in total. The number of rotatable bonds is 10. The number of anilines is 2. The van der Waals surface area contributed by atoms with Crippen LogP contribution in [0.3, 0.4) is 0 Å². The van der Waals surface area contributed by atoms with Crippen LogP contribution in [-0.2, 0) is 0 Å². The lowest BCUT2D eigenvalue weighted by molar-refractivity contribution is 0.158. The quantitative estimate of drug-likeness (QED) is 0.337. The number of likely N-dealkylation sites (N-methyl/N-ethyl adjacent to an activating group) is 1. The van der Waals surface area contributed by atoms with Crippen LogP contribution in [0.1, 0.15) is 40.5 Å². The number of nitrogens with one attached hydrogen (secondary N) is 1. The minimum atomic E-state index is 0.206. The fraction of sp³-hybridized carbons (Fsp3) is 0.517. The molecule has 2 heterocycles. The molecule has 1 aliphatic heterocycles. The smallest absolute Gasteiger partial charge is 0.225 e. The number of aromatic nitrogens is 2. The van der Waals surface area contributed by atoms with Gasteiger partial charge in [0.15, 0.2) is 0 Å². The summed E-state index contributed by atoms with van der Waals surface area (Å²) in [4.78, 5) is 17.0. The highest BCUT2D eigenvalue weighted by Gasteiger charge is 2.17. The number of hydrogen-bond donors (Lipinski definition) is 2. The van der Waals surface area contributed by atoms with Crippen LogP contribution in [0.15, 0.2) is 36.4 Å². The molecule has 0 saturated carbocycles. The predicted molar refractivity (Wildman–Crippen MR) is 158 cm³/mol. The number of hydrogen-bond acceptors (Lipinski definition) is 7. The zero-order valence-electron chi connectivity index (χ0n) is 23.1. The van der Waals surface area contributed by atoms with Crippen molar-refractivity contribution in [1.29, 1.82) is 0 Å². The SMILES string of the molecule is CC.CCCN(CCC)c1nc(NCCN2CCN(C)CC2)nc2ccc(-c3cc(Cl)ccc3O)cc12. The second kappa shape index (κ2) is 14.4. The molecule has 0 spiro atoms. The van der Waals surface area contributed by atoms with Gasteiger partial charge in [-0.05, 0) is 55.8 Å². The minimum absolute atomic E-state index is 0.206. The van der Waals surface area contributed by atoms with Crippen molar-refractivity contribution < 1.29 is 5.11 Å². The standard InChI is InChI=1S/C27H37ClN6O.C2H6/c1-4-11-34(12-5-2)26-23-18-20(22-19-21(28)7-9-25(22)35)6-8-24(23)30-27(31-26)29-10-13-33-16-14-32(3)15-17-33;1-2/h6-9,18-19,35H,4-5,10-17H2,1-3H3,(H,29,30,31);1-2H3. The maximum Gasteiger partial charge on any atom is 0.225 e. The van der Waals surface area contributed by atoms with E-state index in [1.54, 1.807) is 18.2 Å². The number of fused-ring (bicyclic) bond motifs is 1. The third-order valence-electron chi connectivity index (χ3n) is 6.54. The monoisotopic (exact) mass is 526 g/mol. The largest absolute Gasteiger partial charge is 0.507 e. The van der Waals surface area contributed by atoms with Crippen LogP contribution in [0.5, 0.6) is 5.75 Å². The topological polar surface area (TPSA) is 67.8 Å². The van der Waals surface area contributed by atoms with Crippen LogP contribution in [0.25, 0.3) is 22.0 Å². The molecule has 0 aliphatic carbocycles. The van der Waals surface area contributed by atoms with E-state index in [-0.39, 0.29) is 5.75 Å². The van der Waals surface area contributed by atoms with E-state index >= 15 is 0 Å². The van der Waals surface area contributed by atoms with E-state index in [0.29, 0.717) is 16.5 Å². The van der Waals surface area contributed by atoms with E-state index in [2.05, 4.69) is 47.0 Å². The van der Waals surface area contributed by atoms with Crippen molar-refractivity contribution in [3.05, 3.63) is 41.4 Å². The van der Waals surface area contributed by atoms with Crippen LogP contribution in [0.4, 0.5) is 11.8 Å². The molecule has 0 radical (unpaired) electrons. The van der Waals surface area contributed by atoms with Crippen LogP contribution < -0.4 is 10.2 Å². The fourth-order valence-corrected chi connectivity index (χ4v) is 4.77. The lowest BCUT2D eigenvalue weighted by atomic mass is 10.0. The first kappa shape index (κ1) is 29.0. The zero-order valence-corrected chi connectivity index (χ0v) is 23.9. The van der Waals surface area contributed by atoms with Gasteiger partial charge in [-0.15, -0.1) is 0 Å². The maximum absolute atomic E-state index is 10.5. The zero-order chi connectivity index (χ0) is 26.8. The summed E-state index contributed by atoms with van der Waals surface area (Å²) in [6.45, 7) is 16.4. The third-order valence-corrected chi connectivity index (χ3v) is 6.77. The summed E-state index contributed by atoms with van der Waals surface area (Å²) >= 11 is 6.22. The maximum atomic E-state index is 10.5. The molecular weight excluding hydrogens is 484 g/mol. The van der Waals surface area contributed by atoms with Crippen LogP contribution in [0, 0.1) is 0 Å². The van der Waals surface area contributed by atoms with Gasteiger partial charge in [0.1, 0.15) is 11.6 Å². The van der Waals surface area contributed by atoms with Crippen LogP contribution >= 0.6 is 11.6 Å². The Morgan fingerprint density at radius 3 is 2.35 bits per heavy atom. The Morgan fingerprint density at radius 2 is 1.68 bits per heavy atom. The molecule has 2 aromatic carbocycles. The van der Waals surface area contributed by atoms with E-state index in [1.165, 1.54) is 0 Å². The second-order valence-corrected chi connectivity index (χ2v) is 9.76. The first-order valence-corrected chi connectivity index (χ1v) is 14.1. The molecule has 1 fully saturated rings. The van der Waals surface area contributed by atoms with E-state index in [0.717, 1.165) is 87.5 Å². The van der Waals surface area contributed by atoms with Crippen LogP contribution in [-0.4, -0.2) is 84.3 Å².